The molecule has 0 amide bonds. The first-order valence-corrected chi connectivity index (χ1v) is 9.55. The second-order valence-electron chi connectivity index (χ2n) is 6.13. The molecule has 0 saturated carbocycles. The van der Waals surface area contributed by atoms with Crippen LogP contribution in [0.3, 0.4) is 0 Å². The Hall–Kier alpha value is -2.45. The number of benzene rings is 1. The van der Waals surface area contributed by atoms with Crippen molar-refractivity contribution in [1.29, 1.82) is 0 Å². The van der Waals surface area contributed by atoms with E-state index in [4.69, 9.17) is 4.42 Å². The Kier molecular flexibility index (Phi) is 3.93. The molecule has 1 aliphatic heterocycles. The molecular weight excluding hydrogens is 340 g/mol. The van der Waals surface area contributed by atoms with Gasteiger partial charge >= 0.3 is 0 Å². The molecule has 25 heavy (non-hydrogen) atoms. The molecule has 0 bridgehead atoms. The van der Waals surface area contributed by atoms with E-state index in [2.05, 4.69) is 14.8 Å². The second-order valence-corrected chi connectivity index (χ2v) is 7.85. The van der Waals surface area contributed by atoms with Crippen molar-refractivity contribution in [2.75, 3.05) is 0 Å². The maximum atomic E-state index is 12.6. The van der Waals surface area contributed by atoms with Crippen LogP contribution in [-0.4, -0.2) is 29.2 Å². The van der Waals surface area contributed by atoms with Crippen LogP contribution in [0, 0.1) is 6.92 Å². The van der Waals surface area contributed by atoms with Gasteiger partial charge in [-0.15, -0.1) is 0 Å². The Balaban J connectivity index is 1.50. The number of hydrogen-bond donors (Lipinski definition) is 1. The van der Waals surface area contributed by atoms with E-state index in [1.165, 1.54) is 0 Å². The molecule has 0 fully saturated rings. The van der Waals surface area contributed by atoms with Gasteiger partial charge in [0.15, 0.2) is 5.89 Å². The largest absolute Gasteiger partial charge is 0.449 e. The molecule has 3 heterocycles. The summed E-state index contributed by atoms with van der Waals surface area (Å²) in [5.41, 5.74) is 2.56. The molecule has 0 saturated heterocycles. The molecule has 7 nitrogen and oxygen atoms in total. The van der Waals surface area contributed by atoms with Crippen molar-refractivity contribution in [2.45, 2.75) is 37.2 Å². The molecule has 4 rings (SSSR count). The summed E-state index contributed by atoms with van der Waals surface area (Å²) in [6, 6.07) is 8.47. The number of nitrogens with one attached hydrogen (secondary N) is 1. The maximum absolute atomic E-state index is 12.6. The Morgan fingerprint density at radius 2 is 2.04 bits per heavy atom. The summed E-state index contributed by atoms with van der Waals surface area (Å²) in [5.74, 6) is 0.574. The fraction of sp³-hybridized carbons (Fsp3) is 0.294. The number of oxazole rings is 1. The number of nitrogens with zero attached hydrogens (tertiary/aromatic N) is 3. The summed E-state index contributed by atoms with van der Waals surface area (Å²) in [6.45, 7) is 2.49. The standard InChI is InChI=1S/C17H18N4O3S/c1-12-19-17(11-24-12)13-2-4-16(5-3-13)25(22,23)20-14-7-9-21-15(10-14)6-8-18-21/h2-6,8,11,14,20H,7,9-10H2,1H3/t14-/m1/s1. The predicted octanol–water partition coefficient (Wildman–Crippen LogP) is 2.14. The number of aromatic nitrogens is 3. The third-order valence-electron chi connectivity index (χ3n) is 4.35. The summed E-state index contributed by atoms with van der Waals surface area (Å²) in [6.07, 6.45) is 4.68. The highest BCUT2D eigenvalue weighted by atomic mass is 32.2. The fourth-order valence-electron chi connectivity index (χ4n) is 3.06. The van der Waals surface area contributed by atoms with Crippen molar-refractivity contribution in [3.8, 4) is 11.3 Å². The van der Waals surface area contributed by atoms with Crippen molar-refractivity contribution in [2.24, 2.45) is 0 Å². The lowest BCUT2D eigenvalue weighted by Gasteiger charge is -2.24. The van der Waals surface area contributed by atoms with Crippen LogP contribution < -0.4 is 4.72 Å². The van der Waals surface area contributed by atoms with Gasteiger partial charge in [-0.05, 0) is 24.6 Å². The van der Waals surface area contributed by atoms with Gasteiger partial charge in [0, 0.05) is 43.4 Å². The lowest BCUT2D eigenvalue weighted by molar-refractivity contribution is 0.414. The zero-order chi connectivity index (χ0) is 17.4. The number of rotatable bonds is 4. The third kappa shape index (κ3) is 3.22. The van der Waals surface area contributed by atoms with E-state index in [-0.39, 0.29) is 10.9 Å². The highest BCUT2D eigenvalue weighted by molar-refractivity contribution is 7.89. The normalized spacial score (nSPS) is 17.4. The van der Waals surface area contributed by atoms with Gasteiger partial charge in [0.1, 0.15) is 12.0 Å². The quantitative estimate of drug-likeness (QED) is 0.772. The Morgan fingerprint density at radius 1 is 1.24 bits per heavy atom. The average Bonchev–Trinajstić information content (AvgIpc) is 3.23. The molecular formula is C17H18N4O3S. The molecule has 1 aromatic carbocycles. The van der Waals surface area contributed by atoms with Crippen molar-refractivity contribution < 1.29 is 12.8 Å². The number of sulfonamides is 1. The van der Waals surface area contributed by atoms with Gasteiger partial charge in [0.25, 0.3) is 0 Å². The van der Waals surface area contributed by atoms with E-state index in [0.717, 1.165) is 24.2 Å². The van der Waals surface area contributed by atoms with Crippen LogP contribution in [-0.2, 0) is 23.0 Å². The highest BCUT2D eigenvalue weighted by Crippen LogP contribution is 2.22. The van der Waals surface area contributed by atoms with E-state index in [1.807, 2.05) is 10.7 Å². The van der Waals surface area contributed by atoms with E-state index >= 15 is 0 Å². The van der Waals surface area contributed by atoms with Crippen LogP contribution in [0.25, 0.3) is 11.3 Å². The van der Waals surface area contributed by atoms with Crippen molar-refractivity contribution in [1.82, 2.24) is 19.5 Å². The Labute approximate surface area is 145 Å². The first-order chi connectivity index (χ1) is 12.0. The van der Waals surface area contributed by atoms with E-state index in [9.17, 15) is 8.42 Å². The van der Waals surface area contributed by atoms with Gasteiger partial charge in [-0.25, -0.2) is 18.1 Å². The summed E-state index contributed by atoms with van der Waals surface area (Å²) in [7, 11) is -3.56. The second kappa shape index (κ2) is 6.12. The Bertz CT molecular complexity index is 989. The van der Waals surface area contributed by atoms with Gasteiger partial charge < -0.3 is 4.42 Å². The van der Waals surface area contributed by atoms with Gasteiger partial charge in [0.2, 0.25) is 10.0 Å². The van der Waals surface area contributed by atoms with Crippen molar-refractivity contribution in [3.63, 3.8) is 0 Å². The van der Waals surface area contributed by atoms with Gasteiger partial charge in [-0.2, -0.15) is 5.10 Å². The maximum Gasteiger partial charge on any atom is 0.240 e. The van der Waals surface area contributed by atoms with Crippen LogP contribution in [0.15, 0.2) is 52.1 Å². The Morgan fingerprint density at radius 3 is 2.76 bits per heavy atom. The minimum Gasteiger partial charge on any atom is -0.449 e. The van der Waals surface area contributed by atoms with Crippen LogP contribution in [0.1, 0.15) is 18.0 Å². The summed E-state index contributed by atoms with van der Waals surface area (Å²) < 4.78 is 35.2. The topological polar surface area (TPSA) is 90.0 Å². The molecule has 0 aliphatic carbocycles. The van der Waals surface area contributed by atoms with Crippen LogP contribution >= 0.6 is 0 Å². The SMILES string of the molecule is Cc1nc(-c2ccc(S(=O)(=O)N[C@@H]3CCn4nccc4C3)cc2)co1. The summed E-state index contributed by atoms with van der Waals surface area (Å²) in [4.78, 5) is 4.49. The zero-order valence-electron chi connectivity index (χ0n) is 13.7. The third-order valence-corrected chi connectivity index (χ3v) is 5.89. The molecule has 130 valence electrons. The van der Waals surface area contributed by atoms with Gasteiger partial charge in [0.05, 0.1) is 4.90 Å². The van der Waals surface area contributed by atoms with Gasteiger partial charge in [-0.1, -0.05) is 12.1 Å². The molecule has 1 N–H and O–H groups in total. The minimum atomic E-state index is -3.56. The smallest absolute Gasteiger partial charge is 0.240 e. The van der Waals surface area contributed by atoms with E-state index < -0.39 is 10.0 Å². The highest BCUT2D eigenvalue weighted by Gasteiger charge is 2.24. The number of hydrogen-bond acceptors (Lipinski definition) is 5. The number of fused-ring (bicyclic) bond motifs is 1. The van der Waals surface area contributed by atoms with Gasteiger partial charge in [-0.3, -0.25) is 4.68 Å². The predicted molar refractivity (Wildman–Crippen MR) is 91.3 cm³/mol. The summed E-state index contributed by atoms with van der Waals surface area (Å²) in [5, 5.41) is 4.21. The first kappa shape index (κ1) is 16.0. The lowest BCUT2D eigenvalue weighted by Crippen LogP contribution is -2.40. The molecule has 0 spiro atoms. The van der Waals surface area contributed by atoms with Crippen molar-refractivity contribution >= 4 is 10.0 Å². The monoisotopic (exact) mass is 358 g/mol. The van der Waals surface area contributed by atoms with Crippen LogP contribution in [0.5, 0.6) is 0 Å². The first-order valence-electron chi connectivity index (χ1n) is 8.07. The van der Waals surface area contributed by atoms with Crippen LogP contribution in [0.4, 0.5) is 0 Å². The van der Waals surface area contributed by atoms with E-state index in [1.54, 1.807) is 43.6 Å². The lowest BCUT2D eigenvalue weighted by atomic mass is 10.1. The summed E-state index contributed by atoms with van der Waals surface area (Å²) >= 11 is 0. The molecule has 1 aliphatic rings. The molecule has 2 aromatic heterocycles. The molecule has 8 heteroatoms. The fourth-order valence-corrected chi connectivity index (χ4v) is 4.33. The number of aryl methyl sites for hydroxylation is 2. The molecule has 0 unspecified atom stereocenters. The zero-order valence-corrected chi connectivity index (χ0v) is 14.5. The average molecular weight is 358 g/mol. The molecule has 1 atom stereocenters. The molecule has 3 aromatic rings. The van der Waals surface area contributed by atoms with Crippen LogP contribution in [0.2, 0.25) is 0 Å². The van der Waals surface area contributed by atoms with E-state index in [0.29, 0.717) is 18.0 Å². The van der Waals surface area contributed by atoms with Crippen molar-refractivity contribution in [3.05, 3.63) is 54.4 Å². The molecule has 0 radical (unpaired) electrons. The minimum absolute atomic E-state index is 0.118.